The quantitative estimate of drug-likeness (QED) is 0.556. The molecule has 1 saturated heterocycles. The first kappa shape index (κ1) is 21.8. The third kappa shape index (κ3) is 4.17. The fourth-order valence-electron chi connectivity index (χ4n) is 3.94. The van der Waals surface area contributed by atoms with Gasteiger partial charge in [-0.2, -0.15) is 13.2 Å². The number of hydrogen-bond acceptors (Lipinski definition) is 6. The summed E-state index contributed by atoms with van der Waals surface area (Å²) in [6.07, 6.45) is -3.64. The van der Waals surface area contributed by atoms with Gasteiger partial charge in [-0.25, -0.2) is 4.98 Å². The number of fused-ring (bicyclic) bond motifs is 1. The molecule has 0 aliphatic carbocycles. The summed E-state index contributed by atoms with van der Waals surface area (Å²) >= 11 is 0. The van der Waals surface area contributed by atoms with E-state index >= 15 is 0 Å². The first-order chi connectivity index (χ1) is 15.2. The van der Waals surface area contributed by atoms with Crippen molar-refractivity contribution in [2.24, 2.45) is 5.92 Å². The molecule has 0 bridgehead atoms. The van der Waals surface area contributed by atoms with E-state index < -0.39 is 11.7 Å². The minimum Gasteiger partial charge on any atom is -0.469 e. The molecule has 10 heteroatoms. The van der Waals surface area contributed by atoms with Crippen LogP contribution in [0, 0.1) is 12.8 Å². The van der Waals surface area contributed by atoms with Gasteiger partial charge in [0.05, 0.1) is 41.4 Å². The standard InChI is InChI=1S/C22H20F3N3O4/c1-12-19-16(21(30)28-7-6-13(11-28)8-18(29)31-2)10-17(26-20(19)32-27-12)14-4-3-5-15(9-14)22(23,24)25/h3-5,9-10,13H,6-8,11H2,1-2H3. The summed E-state index contributed by atoms with van der Waals surface area (Å²) in [4.78, 5) is 30.8. The zero-order chi connectivity index (χ0) is 23.0. The predicted octanol–water partition coefficient (Wildman–Crippen LogP) is 4.24. The molecule has 2 aromatic heterocycles. The van der Waals surface area contributed by atoms with Crippen molar-refractivity contribution >= 4 is 23.0 Å². The molecule has 1 aliphatic rings. The van der Waals surface area contributed by atoms with E-state index in [-0.39, 0.29) is 46.7 Å². The molecule has 0 N–H and O–H groups in total. The number of aromatic nitrogens is 2. The fraction of sp³-hybridized carbons (Fsp3) is 0.364. The highest BCUT2D eigenvalue weighted by Crippen LogP contribution is 2.34. The molecule has 32 heavy (non-hydrogen) atoms. The van der Waals surface area contributed by atoms with E-state index in [4.69, 9.17) is 9.26 Å². The Balaban J connectivity index is 1.71. The first-order valence-electron chi connectivity index (χ1n) is 9.98. The molecule has 1 fully saturated rings. The van der Waals surface area contributed by atoms with Crippen molar-refractivity contribution < 1.29 is 32.0 Å². The summed E-state index contributed by atoms with van der Waals surface area (Å²) in [5, 5.41) is 4.29. The van der Waals surface area contributed by atoms with Crippen LogP contribution < -0.4 is 0 Å². The summed E-state index contributed by atoms with van der Waals surface area (Å²) in [5.41, 5.74) is 0.342. The molecule has 0 saturated carbocycles. The Morgan fingerprint density at radius 2 is 2.06 bits per heavy atom. The van der Waals surface area contributed by atoms with Gasteiger partial charge < -0.3 is 14.2 Å². The minimum absolute atomic E-state index is 0.0183. The molecule has 1 aliphatic heterocycles. The van der Waals surface area contributed by atoms with Crippen molar-refractivity contribution in [2.75, 3.05) is 20.2 Å². The van der Waals surface area contributed by atoms with Crippen LogP contribution in [0.4, 0.5) is 13.2 Å². The lowest BCUT2D eigenvalue weighted by Gasteiger charge is -2.17. The largest absolute Gasteiger partial charge is 0.469 e. The van der Waals surface area contributed by atoms with E-state index in [0.717, 1.165) is 12.1 Å². The third-order valence-electron chi connectivity index (χ3n) is 5.59. The van der Waals surface area contributed by atoms with Gasteiger partial charge in [-0.05, 0) is 37.5 Å². The SMILES string of the molecule is COC(=O)CC1CCN(C(=O)c2cc(-c3cccc(C(F)(F)F)c3)nc3onc(C)c23)C1. The number of carbonyl (C=O) groups is 2. The molecule has 1 aromatic carbocycles. The topological polar surface area (TPSA) is 85.5 Å². The summed E-state index contributed by atoms with van der Waals surface area (Å²) in [7, 11) is 1.32. The minimum atomic E-state index is -4.51. The summed E-state index contributed by atoms with van der Waals surface area (Å²) in [6, 6.07) is 6.20. The maximum Gasteiger partial charge on any atom is 0.416 e. The number of esters is 1. The van der Waals surface area contributed by atoms with Crippen molar-refractivity contribution in [3.05, 3.63) is 47.2 Å². The van der Waals surface area contributed by atoms with Crippen molar-refractivity contribution in [1.82, 2.24) is 15.0 Å². The van der Waals surface area contributed by atoms with Crippen LogP contribution in [0.1, 0.15) is 34.5 Å². The maximum absolute atomic E-state index is 13.4. The van der Waals surface area contributed by atoms with Crippen molar-refractivity contribution in [3.8, 4) is 11.3 Å². The molecular formula is C22H20F3N3O4. The highest BCUT2D eigenvalue weighted by molar-refractivity contribution is 6.07. The Morgan fingerprint density at radius 3 is 2.78 bits per heavy atom. The number of alkyl halides is 3. The third-order valence-corrected chi connectivity index (χ3v) is 5.59. The Labute approximate surface area is 181 Å². The number of amides is 1. The number of aryl methyl sites for hydroxylation is 1. The van der Waals surface area contributed by atoms with Crippen LogP contribution in [0.3, 0.4) is 0 Å². The van der Waals surface area contributed by atoms with Gasteiger partial charge in [0, 0.05) is 18.7 Å². The molecule has 7 nitrogen and oxygen atoms in total. The molecule has 0 spiro atoms. The molecule has 1 amide bonds. The second-order valence-electron chi connectivity index (χ2n) is 7.77. The normalized spacial score (nSPS) is 16.5. The smallest absolute Gasteiger partial charge is 0.416 e. The monoisotopic (exact) mass is 447 g/mol. The predicted molar refractivity (Wildman–Crippen MR) is 108 cm³/mol. The van der Waals surface area contributed by atoms with Gasteiger partial charge in [-0.15, -0.1) is 0 Å². The number of methoxy groups -OCH3 is 1. The fourth-order valence-corrected chi connectivity index (χ4v) is 3.94. The number of carbonyl (C=O) groups excluding carboxylic acids is 2. The second kappa shape index (κ2) is 8.25. The van der Waals surface area contributed by atoms with E-state index in [1.165, 1.54) is 25.3 Å². The van der Waals surface area contributed by atoms with Crippen LogP contribution in [0.5, 0.6) is 0 Å². The molecule has 4 rings (SSSR count). The van der Waals surface area contributed by atoms with E-state index in [1.54, 1.807) is 11.8 Å². The van der Waals surface area contributed by atoms with Gasteiger partial charge in [0.15, 0.2) is 0 Å². The molecule has 1 unspecified atom stereocenters. The van der Waals surface area contributed by atoms with Crippen molar-refractivity contribution in [1.29, 1.82) is 0 Å². The van der Waals surface area contributed by atoms with Gasteiger partial charge in [0.25, 0.3) is 11.6 Å². The molecule has 3 aromatic rings. The van der Waals surface area contributed by atoms with Gasteiger partial charge in [0.1, 0.15) is 0 Å². The number of pyridine rings is 1. The highest BCUT2D eigenvalue weighted by atomic mass is 19.4. The number of ether oxygens (including phenoxy) is 1. The average Bonchev–Trinajstić information content (AvgIpc) is 3.39. The summed E-state index contributed by atoms with van der Waals surface area (Å²) in [6.45, 7) is 2.49. The van der Waals surface area contributed by atoms with E-state index in [1.807, 2.05) is 0 Å². The molecule has 3 heterocycles. The van der Waals surface area contributed by atoms with Gasteiger partial charge in [-0.3, -0.25) is 9.59 Å². The van der Waals surface area contributed by atoms with Crippen LogP contribution in [0.25, 0.3) is 22.4 Å². The Kier molecular flexibility index (Phi) is 5.62. The summed E-state index contributed by atoms with van der Waals surface area (Å²) in [5.74, 6) is -0.670. The van der Waals surface area contributed by atoms with Crippen LogP contribution in [0.15, 0.2) is 34.9 Å². The number of likely N-dealkylation sites (tertiary alicyclic amines) is 1. The maximum atomic E-state index is 13.4. The number of rotatable bonds is 4. The Bertz CT molecular complexity index is 1190. The first-order valence-corrected chi connectivity index (χ1v) is 9.98. The average molecular weight is 447 g/mol. The van der Waals surface area contributed by atoms with Crippen molar-refractivity contribution in [3.63, 3.8) is 0 Å². The van der Waals surface area contributed by atoms with E-state index in [9.17, 15) is 22.8 Å². The number of benzene rings is 1. The lowest BCUT2D eigenvalue weighted by atomic mass is 10.0. The molecule has 0 radical (unpaired) electrons. The molecule has 1 atom stereocenters. The Hall–Kier alpha value is -3.43. The van der Waals surface area contributed by atoms with Crippen LogP contribution in [-0.2, 0) is 15.7 Å². The van der Waals surface area contributed by atoms with Crippen LogP contribution in [0.2, 0.25) is 0 Å². The number of hydrogen-bond donors (Lipinski definition) is 0. The van der Waals surface area contributed by atoms with Gasteiger partial charge in [-0.1, -0.05) is 17.3 Å². The molecule has 168 valence electrons. The highest BCUT2D eigenvalue weighted by Gasteiger charge is 2.32. The molecular weight excluding hydrogens is 427 g/mol. The summed E-state index contributed by atoms with van der Waals surface area (Å²) < 4.78 is 49.4. The van der Waals surface area contributed by atoms with E-state index in [2.05, 4.69) is 10.1 Å². The van der Waals surface area contributed by atoms with Crippen LogP contribution >= 0.6 is 0 Å². The zero-order valence-electron chi connectivity index (χ0n) is 17.4. The van der Waals surface area contributed by atoms with E-state index in [0.29, 0.717) is 30.6 Å². The second-order valence-corrected chi connectivity index (χ2v) is 7.77. The zero-order valence-corrected chi connectivity index (χ0v) is 17.4. The number of nitrogens with zero attached hydrogens (tertiary/aromatic N) is 3. The van der Waals surface area contributed by atoms with Crippen LogP contribution in [-0.4, -0.2) is 47.1 Å². The lowest BCUT2D eigenvalue weighted by Crippen LogP contribution is -2.29. The Morgan fingerprint density at radius 1 is 1.28 bits per heavy atom. The van der Waals surface area contributed by atoms with Crippen molar-refractivity contribution in [2.45, 2.75) is 25.9 Å². The lowest BCUT2D eigenvalue weighted by molar-refractivity contribution is -0.141. The van der Waals surface area contributed by atoms with Gasteiger partial charge >= 0.3 is 12.1 Å². The van der Waals surface area contributed by atoms with Gasteiger partial charge in [0.2, 0.25) is 0 Å². The number of halogens is 3.